The van der Waals surface area contributed by atoms with Crippen molar-refractivity contribution in [3.8, 4) is 0 Å². The number of hydrogen-bond donors (Lipinski definition) is 2. The smallest absolute Gasteiger partial charge is 0.276 e. The number of nitrogens with zero attached hydrogens (tertiary/aromatic N) is 2. The molecule has 9 nitrogen and oxygen atoms in total. The number of rotatable bonds is 7. The maximum Gasteiger partial charge on any atom is 0.276 e. The van der Waals surface area contributed by atoms with E-state index in [2.05, 4.69) is 15.2 Å². The van der Waals surface area contributed by atoms with Crippen LogP contribution in [0.3, 0.4) is 0 Å². The maximum absolute atomic E-state index is 12.7. The highest BCUT2D eigenvalue weighted by atomic mass is 32.2. The Balaban J connectivity index is 1.43. The lowest BCUT2D eigenvalue weighted by atomic mass is 9.95. The van der Waals surface area contributed by atoms with Gasteiger partial charge in [0.05, 0.1) is 21.1 Å². The van der Waals surface area contributed by atoms with Crippen LogP contribution in [0.2, 0.25) is 0 Å². The van der Waals surface area contributed by atoms with E-state index in [0.29, 0.717) is 17.0 Å². The molecule has 3 aromatic rings. The van der Waals surface area contributed by atoms with Crippen LogP contribution in [0.15, 0.2) is 63.9 Å². The zero-order chi connectivity index (χ0) is 24.3. The molecule has 176 valence electrons. The molecule has 1 heterocycles. The SMILES string of the molecule is CC(=NNS(=O)(=O)c1cccc([N+](=O)[O-])c1)c1ccc(NC(=O)c2csc3c2CCCC3)cc1. The summed E-state index contributed by atoms with van der Waals surface area (Å²) < 4.78 is 24.9. The number of carbonyl (C=O) groups excluding carboxylic acids is 1. The Morgan fingerprint density at radius 2 is 1.85 bits per heavy atom. The first kappa shape index (κ1) is 23.6. The van der Waals surface area contributed by atoms with Gasteiger partial charge >= 0.3 is 0 Å². The molecule has 11 heteroatoms. The summed E-state index contributed by atoms with van der Waals surface area (Å²) in [6.07, 6.45) is 4.23. The van der Waals surface area contributed by atoms with Crippen LogP contribution in [-0.4, -0.2) is 25.0 Å². The Morgan fingerprint density at radius 1 is 1.12 bits per heavy atom. The number of anilines is 1. The van der Waals surface area contributed by atoms with E-state index in [1.54, 1.807) is 42.5 Å². The summed E-state index contributed by atoms with van der Waals surface area (Å²) in [6.45, 7) is 1.63. The second kappa shape index (κ2) is 9.74. The fraction of sp³-hybridized carbons (Fsp3) is 0.217. The summed E-state index contributed by atoms with van der Waals surface area (Å²) in [4.78, 5) is 26.1. The highest BCUT2D eigenvalue weighted by molar-refractivity contribution is 7.89. The Labute approximate surface area is 200 Å². The molecule has 0 bridgehead atoms. The fourth-order valence-corrected chi connectivity index (χ4v) is 5.71. The zero-order valence-electron chi connectivity index (χ0n) is 18.3. The molecule has 1 aliphatic rings. The van der Waals surface area contributed by atoms with Crippen molar-refractivity contribution in [1.82, 2.24) is 4.83 Å². The Hall–Kier alpha value is -3.57. The molecule has 1 aromatic heterocycles. The van der Waals surface area contributed by atoms with Crippen molar-refractivity contribution in [2.45, 2.75) is 37.5 Å². The topological polar surface area (TPSA) is 131 Å². The van der Waals surface area contributed by atoms with Crippen molar-refractivity contribution in [3.63, 3.8) is 0 Å². The van der Waals surface area contributed by atoms with Gasteiger partial charge in [-0.05, 0) is 61.9 Å². The molecule has 1 amide bonds. The van der Waals surface area contributed by atoms with Crippen molar-refractivity contribution < 1.29 is 18.1 Å². The molecule has 0 atom stereocenters. The molecule has 0 aliphatic heterocycles. The highest BCUT2D eigenvalue weighted by Gasteiger charge is 2.20. The van der Waals surface area contributed by atoms with Crippen LogP contribution in [0, 0.1) is 10.1 Å². The van der Waals surface area contributed by atoms with Crippen molar-refractivity contribution in [2.75, 3.05) is 5.32 Å². The molecule has 34 heavy (non-hydrogen) atoms. The van der Waals surface area contributed by atoms with Crippen LogP contribution in [0.25, 0.3) is 0 Å². The molecule has 4 rings (SSSR count). The first-order valence-corrected chi connectivity index (χ1v) is 12.9. The van der Waals surface area contributed by atoms with E-state index in [9.17, 15) is 23.3 Å². The molecule has 1 aliphatic carbocycles. The Bertz CT molecular complexity index is 1380. The molecule has 2 N–H and O–H groups in total. The predicted octanol–water partition coefficient (Wildman–Crippen LogP) is 4.49. The molecule has 2 aromatic carbocycles. The average molecular weight is 499 g/mol. The quantitative estimate of drug-likeness (QED) is 0.281. The Kier molecular flexibility index (Phi) is 6.75. The number of sulfonamides is 1. The number of benzene rings is 2. The second-order valence-electron chi connectivity index (χ2n) is 7.84. The van der Waals surface area contributed by atoms with E-state index < -0.39 is 14.9 Å². The number of nitro benzene ring substituents is 1. The van der Waals surface area contributed by atoms with E-state index in [0.717, 1.165) is 36.5 Å². The minimum Gasteiger partial charge on any atom is -0.322 e. The molecular weight excluding hydrogens is 476 g/mol. The number of thiophene rings is 1. The summed E-state index contributed by atoms with van der Waals surface area (Å²) >= 11 is 1.64. The second-order valence-corrected chi connectivity index (χ2v) is 10.5. The third-order valence-corrected chi connectivity index (χ3v) is 7.83. The first-order valence-electron chi connectivity index (χ1n) is 10.6. The highest BCUT2D eigenvalue weighted by Crippen LogP contribution is 2.30. The third kappa shape index (κ3) is 5.15. The predicted molar refractivity (Wildman–Crippen MR) is 131 cm³/mol. The number of hydrogen-bond acceptors (Lipinski definition) is 7. The first-order chi connectivity index (χ1) is 16.2. The number of nitro groups is 1. The lowest BCUT2D eigenvalue weighted by molar-refractivity contribution is -0.385. The van der Waals surface area contributed by atoms with Gasteiger partial charge in [-0.3, -0.25) is 14.9 Å². The summed E-state index contributed by atoms with van der Waals surface area (Å²) in [5, 5.41) is 19.6. The van der Waals surface area contributed by atoms with Gasteiger partial charge in [0, 0.05) is 28.1 Å². The summed E-state index contributed by atoms with van der Waals surface area (Å²) in [7, 11) is -4.07. The number of aryl methyl sites for hydroxylation is 1. The lowest BCUT2D eigenvalue weighted by Gasteiger charge is -2.13. The Morgan fingerprint density at radius 3 is 2.59 bits per heavy atom. The molecule has 0 fully saturated rings. The fourth-order valence-electron chi connectivity index (χ4n) is 3.69. The standard InChI is InChI=1S/C23H22N4O5S2/c1-15(25-26-34(31,32)19-6-4-5-18(13-19)27(29)30)16-9-11-17(12-10-16)24-23(28)21-14-33-22-8-3-2-7-20(21)22/h4-6,9-14,26H,2-3,7-8H2,1H3,(H,24,28). The van der Waals surface area contributed by atoms with Gasteiger partial charge in [-0.2, -0.15) is 18.4 Å². The number of carbonyl (C=O) groups is 1. The molecule has 0 saturated heterocycles. The van der Waals surface area contributed by atoms with Gasteiger partial charge in [-0.1, -0.05) is 18.2 Å². The van der Waals surface area contributed by atoms with Crippen LogP contribution >= 0.6 is 11.3 Å². The van der Waals surface area contributed by atoms with Crippen molar-refractivity contribution in [3.05, 3.63) is 85.6 Å². The average Bonchev–Trinajstić information content (AvgIpc) is 3.27. The number of non-ortho nitro benzene ring substituents is 1. The van der Waals surface area contributed by atoms with Gasteiger partial charge < -0.3 is 5.32 Å². The van der Waals surface area contributed by atoms with Crippen molar-refractivity contribution in [2.24, 2.45) is 5.10 Å². The van der Waals surface area contributed by atoms with Gasteiger partial charge in [0.2, 0.25) is 0 Å². The number of hydrazone groups is 1. The van der Waals surface area contributed by atoms with Crippen molar-refractivity contribution in [1.29, 1.82) is 0 Å². The van der Waals surface area contributed by atoms with Crippen molar-refractivity contribution >= 4 is 44.4 Å². The summed E-state index contributed by atoms with van der Waals surface area (Å²) in [6, 6.07) is 11.6. The third-order valence-electron chi connectivity index (χ3n) is 5.54. The van der Waals surface area contributed by atoms with E-state index >= 15 is 0 Å². The van der Waals surface area contributed by atoms with Crippen LogP contribution in [0.1, 0.15) is 46.1 Å². The molecule has 0 spiro atoms. The van der Waals surface area contributed by atoms with E-state index in [4.69, 9.17) is 0 Å². The van der Waals surface area contributed by atoms with Gasteiger partial charge in [0.25, 0.3) is 21.6 Å². The number of fused-ring (bicyclic) bond motifs is 1. The number of amides is 1. The number of nitrogens with one attached hydrogen (secondary N) is 2. The molecule has 0 unspecified atom stereocenters. The zero-order valence-corrected chi connectivity index (χ0v) is 19.9. The minimum atomic E-state index is -4.07. The molecular formula is C23H22N4O5S2. The van der Waals surface area contributed by atoms with Gasteiger partial charge in [-0.25, -0.2) is 0 Å². The maximum atomic E-state index is 12.7. The van der Waals surface area contributed by atoms with Gasteiger partial charge in [0.15, 0.2) is 0 Å². The van der Waals surface area contributed by atoms with Gasteiger partial charge in [0.1, 0.15) is 0 Å². The van der Waals surface area contributed by atoms with Crippen LogP contribution in [-0.2, 0) is 22.9 Å². The lowest BCUT2D eigenvalue weighted by Crippen LogP contribution is -2.20. The molecule has 0 radical (unpaired) electrons. The van der Waals surface area contributed by atoms with Crippen LogP contribution in [0.4, 0.5) is 11.4 Å². The monoisotopic (exact) mass is 498 g/mol. The van der Waals surface area contributed by atoms with E-state index in [1.807, 2.05) is 5.38 Å². The van der Waals surface area contributed by atoms with Gasteiger partial charge in [-0.15, -0.1) is 11.3 Å². The van der Waals surface area contributed by atoms with Crippen LogP contribution < -0.4 is 10.1 Å². The summed E-state index contributed by atoms with van der Waals surface area (Å²) in [5.41, 5.74) is 3.21. The normalized spacial score (nSPS) is 13.7. The van der Waals surface area contributed by atoms with E-state index in [1.165, 1.54) is 29.5 Å². The van der Waals surface area contributed by atoms with Crippen LogP contribution in [0.5, 0.6) is 0 Å². The molecule has 0 saturated carbocycles. The van der Waals surface area contributed by atoms with E-state index in [-0.39, 0.29) is 16.5 Å². The largest absolute Gasteiger partial charge is 0.322 e. The summed E-state index contributed by atoms with van der Waals surface area (Å²) in [5.74, 6) is -0.137. The minimum absolute atomic E-state index is 0.137.